The SMILES string of the molecule is NCC1(Cc2coc3ccccc23)COC1. The summed E-state index contributed by atoms with van der Waals surface area (Å²) < 4.78 is 10.8. The summed E-state index contributed by atoms with van der Waals surface area (Å²) in [6.45, 7) is 2.21. The summed E-state index contributed by atoms with van der Waals surface area (Å²) in [6, 6.07) is 8.11. The Morgan fingerprint density at radius 1 is 1.25 bits per heavy atom. The molecule has 2 N–H and O–H groups in total. The number of rotatable bonds is 3. The average Bonchev–Trinajstić information content (AvgIpc) is 2.67. The Kier molecular flexibility index (Phi) is 2.23. The molecule has 0 saturated carbocycles. The Labute approximate surface area is 94.2 Å². The van der Waals surface area contributed by atoms with Gasteiger partial charge in [-0.05, 0) is 18.1 Å². The van der Waals surface area contributed by atoms with Gasteiger partial charge in [-0.15, -0.1) is 0 Å². The predicted octanol–water partition coefficient (Wildman–Crippen LogP) is 1.95. The maximum atomic E-state index is 5.82. The molecule has 0 bridgehead atoms. The first kappa shape index (κ1) is 9.87. The Morgan fingerprint density at radius 3 is 2.75 bits per heavy atom. The van der Waals surface area contributed by atoms with E-state index in [0.29, 0.717) is 6.54 Å². The molecule has 84 valence electrons. The maximum Gasteiger partial charge on any atom is 0.134 e. The number of hydrogen-bond acceptors (Lipinski definition) is 3. The van der Waals surface area contributed by atoms with Crippen molar-refractivity contribution in [3.8, 4) is 0 Å². The lowest BCUT2D eigenvalue weighted by atomic mass is 9.80. The molecule has 0 unspecified atom stereocenters. The van der Waals surface area contributed by atoms with Gasteiger partial charge in [-0.1, -0.05) is 18.2 Å². The Balaban J connectivity index is 1.94. The third-order valence-corrected chi connectivity index (χ3v) is 3.38. The van der Waals surface area contributed by atoms with Crippen LogP contribution >= 0.6 is 0 Å². The normalized spacial score (nSPS) is 18.6. The van der Waals surface area contributed by atoms with Crippen molar-refractivity contribution in [2.75, 3.05) is 19.8 Å². The van der Waals surface area contributed by atoms with Gasteiger partial charge in [-0.2, -0.15) is 0 Å². The minimum Gasteiger partial charge on any atom is -0.464 e. The van der Waals surface area contributed by atoms with Crippen LogP contribution in [0.15, 0.2) is 34.9 Å². The highest BCUT2D eigenvalue weighted by Crippen LogP contribution is 2.33. The highest BCUT2D eigenvalue weighted by molar-refractivity contribution is 5.80. The van der Waals surface area contributed by atoms with Gasteiger partial charge in [0.1, 0.15) is 5.58 Å². The minimum absolute atomic E-state index is 0.132. The molecule has 1 aliphatic heterocycles. The number of ether oxygens (including phenoxy) is 1. The molecule has 3 rings (SSSR count). The van der Waals surface area contributed by atoms with Crippen LogP contribution in [-0.2, 0) is 11.2 Å². The number of para-hydroxylation sites is 1. The molecule has 0 aliphatic carbocycles. The lowest BCUT2D eigenvalue weighted by Crippen LogP contribution is -2.49. The van der Waals surface area contributed by atoms with Crippen LogP contribution in [0.5, 0.6) is 0 Å². The van der Waals surface area contributed by atoms with Gasteiger partial charge in [0.2, 0.25) is 0 Å². The fraction of sp³-hybridized carbons (Fsp3) is 0.385. The molecule has 0 amide bonds. The van der Waals surface area contributed by atoms with E-state index in [-0.39, 0.29) is 5.41 Å². The van der Waals surface area contributed by atoms with E-state index in [2.05, 4.69) is 6.07 Å². The first-order valence-electron chi connectivity index (χ1n) is 5.56. The first-order chi connectivity index (χ1) is 7.83. The Bertz CT molecular complexity index is 494. The second-order valence-corrected chi connectivity index (χ2v) is 4.63. The van der Waals surface area contributed by atoms with Gasteiger partial charge in [0.25, 0.3) is 0 Å². The molecule has 0 radical (unpaired) electrons. The smallest absolute Gasteiger partial charge is 0.134 e. The van der Waals surface area contributed by atoms with E-state index in [9.17, 15) is 0 Å². The second-order valence-electron chi connectivity index (χ2n) is 4.63. The van der Waals surface area contributed by atoms with Crippen molar-refractivity contribution in [3.05, 3.63) is 36.1 Å². The van der Waals surface area contributed by atoms with Crippen LogP contribution in [0.2, 0.25) is 0 Å². The summed E-state index contributed by atoms with van der Waals surface area (Å²) >= 11 is 0. The molecule has 1 aliphatic rings. The summed E-state index contributed by atoms with van der Waals surface area (Å²) in [7, 11) is 0. The van der Waals surface area contributed by atoms with Crippen molar-refractivity contribution in [2.45, 2.75) is 6.42 Å². The molecule has 2 aromatic rings. The van der Waals surface area contributed by atoms with Crippen LogP contribution in [-0.4, -0.2) is 19.8 Å². The summed E-state index contributed by atoms with van der Waals surface area (Å²) in [4.78, 5) is 0. The Morgan fingerprint density at radius 2 is 2.06 bits per heavy atom. The lowest BCUT2D eigenvalue weighted by Gasteiger charge is -2.40. The summed E-state index contributed by atoms with van der Waals surface area (Å²) in [5.74, 6) is 0. The maximum absolute atomic E-state index is 5.82. The summed E-state index contributed by atoms with van der Waals surface area (Å²) in [5, 5.41) is 1.20. The van der Waals surface area contributed by atoms with Gasteiger partial charge in [0.05, 0.1) is 19.5 Å². The van der Waals surface area contributed by atoms with Gasteiger partial charge in [-0.3, -0.25) is 0 Å². The molecule has 1 aromatic heterocycles. The largest absolute Gasteiger partial charge is 0.464 e. The van der Waals surface area contributed by atoms with E-state index < -0.39 is 0 Å². The Hall–Kier alpha value is -1.32. The topological polar surface area (TPSA) is 48.4 Å². The number of furan rings is 1. The average molecular weight is 217 g/mol. The monoisotopic (exact) mass is 217 g/mol. The van der Waals surface area contributed by atoms with E-state index in [1.165, 1.54) is 10.9 Å². The van der Waals surface area contributed by atoms with Crippen LogP contribution in [0.1, 0.15) is 5.56 Å². The number of nitrogens with two attached hydrogens (primary N) is 1. The van der Waals surface area contributed by atoms with E-state index in [4.69, 9.17) is 14.9 Å². The zero-order chi connectivity index (χ0) is 11.0. The van der Waals surface area contributed by atoms with Crippen molar-refractivity contribution in [1.82, 2.24) is 0 Å². The van der Waals surface area contributed by atoms with Gasteiger partial charge < -0.3 is 14.9 Å². The van der Waals surface area contributed by atoms with Crippen LogP contribution in [0, 0.1) is 5.41 Å². The summed E-state index contributed by atoms with van der Waals surface area (Å²) in [5.41, 5.74) is 8.14. The zero-order valence-electron chi connectivity index (χ0n) is 9.11. The highest BCUT2D eigenvalue weighted by atomic mass is 16.5. The van der Waals surface area contributed by atoms with E-state index in [1.807, 2.05) is 24.5 Å². The van der Waals surface area contributed by atoms with Crippen LogP contribution in [0.4, 0.5) is 0 Å². The molecule has 3 heteroatoms. The zero-order valence-corrected chi connectivity index (χ0v) is 9.11. The second kappa shape index (κ2) is 3.61. The van der Waals surface area contributed by atoms with Crippen molar-refractivity contribution in [1.29, 1.82) is 0 Å². The van der Waals surface area contributed by atoms with E-state index >= 15 is 0 Å². The van der Waals surface area contributed by atoms with E-state index in [0.717, 1.165) is 25.2 Å². The molecule has 16 heavy (non-hydrogen) atoms. The van der Waals surface area contributed by atoms with Gasteiger partial charge in [0.15, 0.2) is 0 Å². The first-order valence-corrected chi connectivity index (χ1v) is 5.56. The molecule has 0 atom stereocenters. The van der Waals surface area contributed by atoms with Crippen molar-refractivity contribution in [2.24, 2.45) is 11.1 Å². The quantitative estimate of drug-likeness (QED) is 0.854. The molecule has 1 fully saturated rings. The van der Waals surface area contributed by atoms with Gasteiger partial charge >= 0.3 is 0 Å². The predicted molar refractivity (Wildman–Crippen MR) is 62.2 cm³/mol. The lowest BCUT2D eigenvalue weighted by molar-refractivity contribution is -0.106. The molecule has 1 saturated heterocycles. The van der Waals surface area contributed by atoms with Gasteiger partial charge in [-0.25, -0.2) is 0 Å². The standard InChI is InChI=1S/C13H15NO2/c14-7-13(8-15-9-13)5-10-6-16-12-4-2-1-3-11(10)12/h1-4,6H,5,7-9,14H2. The fourth-order valence-electron chi connectivity index (χ4n) is 2.26. The molecular formula is C13H15NO2. The molecule has 0 spiro atoms. The minimum atomic E-state index is 0.132. The molecule has 1 aromatic carbocycles. The van der Waals surface area contributed by atoms with Crippen molar-refractivity contribution in [3.63, 3.8) is 0 Å². The number of benzene rings is 1. The van der Waals surface area contributed by atoms with Crippen LogP contribution < -0.4 is 5.73 Å². The molecular weight excluding hydrogens is 202 g/mol. The third kappa shape index (κ3) is 1.44. The van der Waals surface area contributed by atoms with Crippen molar-refractivity contribution >= 4 is 11.0 Å². The third-order valence-electron chi connectivity index (χ3n) is 3.38. The fourth-order valence-corrected chi connectivity index (χ4v) is 2.26. The van der Waals surface area contributed by atoms with Crippen LogP contribution in [0.3, 0.4) is 0 Å². The molecule has 2 heterocycles. The number of hydrogen-bond donors (Lipinski definition) is 1. The van der Waals surface area contributed by atoms with Crippen molar-refractivity contribution < 1.29 is 9.15 Å². The summed E-state index contributed by atoms with van der Waals surface area (Å²) in [6.07, 6.45) is 2.79. The van der Waals surface area contributed by atoms with Gasteiger partial charge in [0, 0.05) is 17.3 Å². The highest BCUT2D eigenvalue weighted by Gasteiger charge is 2.37. The van der Waals surface area contributed by atoms with Crippen LogP contribution in [0.25, 0.3) is 11.0 Å². The van der Waals surface area contributed by atoms with E-state index in [1.54, 1.807) is 0 Å². The molecule has 3 nitrogen and oxygen atoms in total. The number of fused-ring (bicyclic) bond motifs is 1.